The smallest absolute Gasteiger partial charge is 0.310 e. The minimum atomic E-state index is -0.145. The third-order valence-electron chi connectivity index (χ3n) is 5.00. The molecule has 1 heterocycles. The molecular weight excluding hydrogens is 346 g/mol. The standard InChI is InChI=1S/C20H31N3O4/c1-14-12-23(13-16(14)19(24)27-5)20(21-2)22-10-6-7-15-8-9-17(25-3)18(11-15)26-4/h8-9,11,14,16H,6-7,10,12-13H2,1-5H3,(H,21,22). The molecule has 1 aromatic carbocycles. The molecule has 0 aliphatic carbocycles. The van der Waals surface area contributed by atoms with Crippen LogP contribution in [0, 0.1) is 11.8 Å². The zero-order valence-corrected chi connectivity index (χ0v) is 16.9. The number of nitrogens with zero attached hydrogens (tertiary/aromatic N) is 2. The van der Waals surface area contributed by atoms with E-state index in [9.17, 15) is 4.79 Å². The van der Waals surface area contributed by atoms with Crippen LogP contribution >= 0.6 is 0 Å². The van der Waals surface area contributed by atoms with Gasteiger partial charge in [0.15, 0.2) is 17.5 Å². The van der Waals surface area contributed by atoms with Crippen LogP contribution in [0.2, 0.25) is 0 Å². The van der Waals surface area contributed by atoms with Crippen molar-refractivity contribution in [3.05, 3.63) is 23.8 Å². The maximum absolute atomic E-state index is 11.9. The van der Waals surface area contributed by atoms with Crippen molar-refractivity contribution in [3.8, 4) is 11.5 Å². The van der Waals surface area contributed by atoms with Crippen molar-refractivity contribution in [1.82, 2.24) is 10.2 Å². The van der Waals surface area contributed by atoms with Crippen LogP contribution in [0.1, 0.15) is 18.9 Å². The lowest BCUT2D eigenvalue weighted by Gasteiger charge is -2.21. The second kappa shape index (κ2) is 10.0. The van der Waals surface area contributed by atoms with Crippen molar-refractivity contribution in [2.24, 2.45) is 16.8 Å². The maximum atomic E-state index is 11.9. The number of likely N-dealkylation sites (tertiary alicyclic amines) is 1. The molecule has 0 bridgehead atoms. The first-order valence-electron chi connectivity index (χ1n) is 9.28. The lowest BCUT2D eigenvalue weighted by Crippen LogP contribution is -2.41. The number of rotatable bonds is 7. The predicted molar refractivity (Wildman–Crippen MR) is 105 cm³/mol. The molecule has 0 radical (unpaired) electrons. The van der Waals surface area contributed by atoms with E-state index in [0.717, 1.165) is 43.4 Å². The summed E-state index contributed by atoms with van der Waals surface area (Å²) in [6.45, 7) is 4.32. The molecule has 2 atom stereocenters. The highest BCUT2D eigenvalue weighted by Gasteiger charge is 2.36. The van der Waals surface area contributed by atoms with Gasteiger partial charge in [-0.1, -0.05) is 13.0 Å². The Morgan fingerprint density at radius 2 is 1.96 bits per heavy atom. The number of benzene rings is 1. The van der Waals surface area contributed by atoms with Gasteiger partial charge >= 0.3 is 5.97 Å². The van der Waals surface area contributed by atoms with E-state index >= 15 is 0 Å². The van der Waals surface area contributed by atoms with Crippen LogP contribution in [-0.4, -0.2) is 64.8 Å². The lowest BCUT2D eigenvalue weighted by molar-refractivity contribution is -0.145. The summed E-state index contributed by atoms with van der Waals surface area (Å²) in [5.74, 6) is 2.33. The number of aryl methyl sites for hydroxylation is 1. The molecule has 1 aliphatic rings. The van der Waals surface area contributed by atoms with Crippen molar-refractivity contribution in [2.75, 3.05) is 48.0 Å². The molecule has 1 saturated heterocycles. The minimum absolute atomic E-state index is 0.0969. The molecule has 2 unspecified atom stereocenters. The number of carbonyl (C=O) groups is 1. The van der Waals surface area contributed by atoms with Crippen LogP contribution in [0.5, 0.6) is 11.5 Å². The van der Waals surface area contributed by atoms with Crippen LogP contribution in [0.15, 0.2) is 23.2 Å². The Kier molecular flexibility index (Phi) is 7.76. The van der Waals surface area contributed by atoms with Crippen LogP contribution in [0.25, 0.3) is 0 Å². The van der Waals surface area contributed by atoms with Gasteiger partial charge in [-0.25, -0.2) is 0 Å². The molecule has 0 spiro atoms. The number of guanidine groups is 1. The van der Waals surface area contributed by atoms with Gasteiger partial charge in [0, 0.05) is 26.7 Å². The Labute approximate surface area is 161 Å². The molecule has 0 saturated carbocycles. The SMILES string of the molecule is CN=C(NCCCc1ccc(OC)c(OC)c1)N1CC(C)C(C(=O)OC)C1. The summed E-state index contributed by atoms with van der Waals surface area (Å²) in [6.07, 6.45) is 1.88. The van der Waals surface area contributed by atoms with Crippen molar-refractivity contribution in [3.63, 3.8) is 0 Å². The largest absolute Gasteiger partial charge is 0.493 e. The van der Waals surface area contributed by atoms with Crippen molar-refractivity contribution in [1.29, 1.82) is 0 Å². The molecular formula is C20H31N3O4. The van der Waals surface area contributed by atoms with E-state index in [2.05, 4.69) is 28.2 Å². The Morgan fingerprint density at radius 1 is 1.22 bits per heavy atom. The molecule has 0 aromatic heterocycles. The third-order valence-corrected chi connectivity index (χ3v) is 5.00. The van der Waals surface area contributed by atoms with Crippen LogP contribution in [0.3, 0.4) is 0 Å². The number of hydrogen-bond acceptors (Lipinski definition) is 5. The van der Waals surface area contributed by atoms with Crippen molar-refractivity contribution in [2.45, 2.75) is 19.8 Å². The first-order chi connectivity index (χ1) is 13.0. The summed E-state index contributed by atoms with van der Waals surface area (Å²) in [5, 5.41) is 3.40. The minimum Gasteiger partial charge on any atom is -0.493 e. The maximum Gasteiger partial charge on any atom is 0.310 e. The predicted octanol–water partition coefficient (Wildman–Crippen LogP) is 1.95. The quantitative estimate of drug-likeness (QED) is 0.339. The van der Waals surface area contributed by atoms with Gasteiger partial charge in [0.1, 0.15) is 0 Å². The molecule has 150 valence electrons. The summed E-state index contributed by atoms with van der Waals surface area (Å²) in [7, 11) is 6.49. The molecule has 1 aliphatic heterocycles. The topological polar surface area (TPSA) is 72.4 Å². The lowest BCUT2D eigenvalue weighted by atomic mass is 9.99. The first kappa shape index (κ1) is 20.9. The van der Waals surface area contributed by atoms with E-state index in [0.29, 0.717) is 6.54 Å². The average molecular weight is 377 g/mol. The fourth-order valence-corrected chi connectivity index (χ4v) is 3.46. The number of ether oxygens (including phenoxy) is 3. The second-order valence-corrected chi connectivity index (χ2v) is 6.78. The van der Waals surface area contributed by atoms with Gasteiger partial charge in [-0.3, -0.25) is 9.79 Å². The number of aliphatic imine (C=N–C) groups is 1. The summed E-state index contributed by atoms with van der Waals surface area (Å²) in [6, 6.07) is 6.00. The Hall–Kier alpha value is -2.44. The van der Waals surface area contributed by atoms with Crippen LogP contribution in [-0.2, 0) is 16.0 Å². The molecule has 1 N–H and O–H groups in total. The zero-order valence-electron chi connectivity index (χ0n) is 16.9. The fourth-order valence-electron chi connectivity index (χ4n) is 3.46. The summed E-state index contributed by atoms with van der Waals surface area (Å²) in [4.78, 5) is 18.4. The summed E-state index contributed by atoms with van der Waals surface area (Å²) in [5.41, 5.74) is 1.20. The monoisotopic (exact) mass is 377 g/mol. The number of methoxy groups -OCH3 is 3. The highest BCUT2D eigenvalue weighted by molar-refractivity contribution is 5.82. The van der Waals surface area contributed by atoms with E-state index in [4.69, 9.17) is 14.2 Å². The summed E-state index contributed by atoms with van der Waals surface area (Å²) >= 11 is 0. The fraction of sp³-hybridized carbons (Fsp3) is 0.600. The van der Waals surface area contributed by atoms with Gasteiger partial charge in [0.05, 0.1) is 27.2 Å². The van der Waals surface area contributed by atoms with E-state index in [1.807, 2.05) is 12.1 Å². The first-order valence-corrected chi connectivity index (χ1v) is 9.28. The van der Waals surface area contributed by atoms with Crippen molar-refractivity contribution >= 4 is 11.9 Å². The van der Waals surface area contributed by atoms with E-state index in [1.54, 1.807) is 21.3 Å². The number of carbonyl (C=O) groups excluding carboxylic acids is 1. The van der Waals surface area contributed by atoms with Crippen LogP contribution in [0.4, 0.5) is 0 Å². The third kappa shape index (κ3) is 5.28. The normalized spacial score (nSPS) is 19.7. The molecule has 1 aromatic rings. The van der Waals surface area contributed by atoms with Crippen LogP contribution < -0.4 is 14.8 Å². The Balaban J connectivity index is 1.83. The number of esters is 1. The van der Waals surface area contributed by atoms with Gasteiger partial charge in [0.25, 0.3) is 0 Å². The van der Waals surface area contributed by atoms with E-state index < -0.39 is 0 Å². The van der Waals surface area contributed by atoms with E-state index in [-0.39, 0.29) is 17.8 Å². The molecule has 7 nitrogen and oxygen atoms in total. The summed E-state index contributed by atoms with van der Waals surface area (Å²) < 4.78 is 15.5. The molecule has 2 rings (SSSR count). The zero-order chi connectivity index (χ0) is 19.8. The van der Waals surface area contributed by atoms with E-state index in [1.165, 1.54) is 12.7 Å². The highest BCUT2D eigenvalue weighted by Crippen LogP contribution is 2.28. The molecule has 27 heavy (non-hydrogen) atoms. The molecule has 7 heteroatoms. The van der Waals surface area contributed by atoms with Gasteiger partial charge in [0.2, 0.25) is 0 Å². The number of nitrogens with one attached hydrogen (secondary N) is 1. The average Bonchev–Trinajstić information content (AvgIpc) is 3.08. The van der Waals surface area contributed by atoms with Gasteiger partial charge < -0.3 is 24.4 Å². The highest BCUT2D eigenvalue weighted by atomic mass is 16.5. The van der Waals surface area contributed by atoms with Gasteiger partial charge in [-0.2, -0.15) is 0 Å². The molecule has 1 fully saturated rings. The van der Waals surface area contributed by atoms with Gasteiger partial charge in [-0.15, -0.1) is 0 Å². The van der Waals surface area contributed by atoms with Gasteiger partial charge in [-0.05, 0) is 36.5 Å². The van der Waals surface area contributed by atoms with Crippen molar-refractivity contribution < 1.29 is 19.0 Å². The molecule has 0 amide bonds. The Morgan fingerprint density at radius 3 is 2.59 bits per heavy atom. The second-order valence-electron chi connectivity index (χ2n) is 6.78. The number of hydrogen-bond donors (Lipinski definition) is 1. The Bertz CT molecular complexity index is 663.